The van der Waals surface area contributed by atoms with Gasteiger partial charge in [-0.2, -0.15) is 0 Å². The summed E-state index contributed by atoms with van der Waals surface area (Å²) in [6.45, 7) is 5.47. The van der Waals surface area contributed by atoms with Crippen LogP contribution in [0.1, 0.15) is 37.7 Å². The van der Waals surface area contributed by atoms with E-state index in [1.807, 2.05) is 13.0 Å². The first-order valence-electron chi connectivity index (χ1n) is 6.46. The molecule has 0 fully saturated rings. The maximum Gasteiger partial charge on any atom is 0.165 e. The molecule has 0 aliphatic heterocycles. The molecule has 2 rings (SSSR count). The average molecular weight is 263 g/mol. The Morgan fingerprint density at radius 1 is 1.37 bits per heavy atom. The van der Waals surface area contributed by atoms with Crippen LogP contribution in [0.3, 0.4) is 0 Å². The molecule has 5 nitrogen and oxygen atoms in total. The van der Waals surface area contributed by atoms with Crippen LogP contribution in [-0.4, -0.2) is 26.8 Å². The molecule has 0 radical (unpaired) electrons. The van der Waals surface area contributed by atoms with Crippen LogP contribution in [0.5, 0.6) is 0 Å². The number of hydrogen-bond donors (Lipinski definition) is 1. The highest BCUT2D eigenvalue weighted by atomic mass is 19.1. The van der Waals surface area contributed by atoms with E-state index < -0.39 is 0 Å². The Bertz CT molecular complexity index is 525. The first-order chi connectivity index (χ1) is 9.24. The fraction of sp³-hybridized carbons (Fsp3) is 0.462. The van der Waals surface area contributed by atoms with Crippen LogP contribution in [0.2, 0.25) is 0 Å². The van der Waals surface area contributed by atoms with Crippen LogP contribution in [0, 0.1) is 5.82 Å². The van der Waals surface area contributed by atoms with Gasteiger partial charge in [0.1, 0.15) is 5.82 Å². The summed E-state index contributed by atoms with van der Waals surface area (Å²) in [4.78, 5) is 0. The molecule has 1 N–H and O–H groups in total. The number of rotatable bonds is 6. The van der Waals surface area contributed by atoms with E-state index in [1.54, 1.807) is 16.8 Å². The minimum Gasteiger partial charge on any atom is -0.310 e. The second-order valence-corrected chi connectivity index (χ2v) is 4.41. The van der Waals surface area contributed by atoms with E-state index in [0.717, 1.165) is 13.0 Å². The van der Waals surface area contributed by atoms with Gasteiger partial charge in [0.2, 0.25) is 0 Å². The van der Waals surface area contributed by atoms with E-state index in [-0.39, 0.29) is 11.9 Å². The van der Waals surface area contributed by atoms with Gasteiger partial charge in [0.25, 0.3) is 0 Å². The van der Waals surface area contributed by atoms with Gasteiger partial charge in [-0.1, -0.05) is 25.1 Å². The first kappa shape index (κ1) is 13.6. The van der Waals surface area contributed by atoms with Crippen LogP contribution in [0.4, 0.5) is 4.39 Å². The second kappa shape index (κ2) is 6.38. The Morgan fingerprint density at radius 2 is 2.16 bits per heavy atom. The third-order valence-electron chi connectivity index (χ3n) is 2.99. The van der Waals surface area contributed by atoms with Crippen LogP contribution in [-0.2, 0) is 6.54 Å². The number of halogens is 1. The molecule has 0 saturated heterocycles. The van der Waals surface area contributed by atoms with E-state index >= 15 is 0 Å². The molecule has 1 heterocycles. The molecule has 0 amide bonds. The normalized spacial score (nSPS) is 12.6. The highest BCUT2D eigenvalue weighted by molar-refractivity contribution is 5.21. The largest absolute Gasteiger partial charge is 0.310 e. The van der Waals surface area contributed by atoms with Crippen LogP contribution < -0.4 is 5.32 Å². The maximum absolute atomic E-state index is 13.8. The predicted octanol–water partition coefficient (Wildman–Crippen LogP) is 1.92. The summed E-state index contributed by atoms with van der Waals surface area (Å²) < 4.78 is 15.4. The van der Waals surface area contributed by atoms with Crippen molar-refractivity contribution in [3.63, 3.8) is 0 Å². The highest BCUT2D eigenvalue weighted by Gasteiger charge is 2.17. The number of aromatic nitrogens is 4. The summed E-state index contributed by atoms with van der Waals surface area (Å²) in [5, 5.41) is 14.9. The maximum atomic E-state index is 13.8. The van der Waals surface area contributed by atoms with Gasteiger partial charge in [-0.3, -0.25) is 0 Å². The second-order valence-electron chi connectivity index (χ2n) is 4.41. The standard InChI is InChI=1S/C13H18FN5/c1-3-8-15-9-13-16-17-18-19(13)10(2)11-6-4-5-7-12(11)14/h4-7,10,15H,3,8-9H2,1-2H3. The number of nitrogens with zero attached hydrogens (tertiary/aromatic N) is 4. The molecule has 102 valence electrons. The van der Waals surface area contributed by atoms with E-state index in [2.05, 4.69) is 27.8 Å². The summed E-state index contributed by atoms with van der Waals surface area (Å²) in [5.74, 6) is 0.474. The minimum absolute atomic E-state index is 0.227. The molecule has 1 aromatic heterocycles. The van der Waals surface area contributed by atoms with Gasteiger partial charge in [-0.15, -0.1) is 5.10 Å². The third kappa shape index (κ3) is 3.14. The molecule has 6 heteroatoms. The quantitative estimate of drug-likeness (QED) is 0.809. The highest BCUT2D eigenvalue weighted by Crippen LogP contribution is 2.20. The van der Waals surface area contributed by atoms with E-state index in [0.29, 0.717) is 17.9 Å². The first-order valence-corrected chi connectivity index (χ1v) is 6.46. The molecule has 2 aromatic rings. The van der Waals surface area contributed by atoms with Gasteiger partial charge in [0.15, 0.2) is 5.82 Å². The molecule has 0 spiro atoms. The molecule has 0 aliphatic rings. The van der Waals surface area contributed by atoms with Crippen LogP contribution in [0.15, 0.2) is 24.3 Å². The Kier molecular flexibility index (Phi) is 4.57. The van der Waals surface area contributed by atoms with Gasteiger partial charge in [0, 0.05) is 5.56 Å². The molecule has 1 unspecified atom stereocenters. The van der Waals surface area contributed by atoms with Crippen molar-refractivity contribution >= 4 is 0 Å². The lowest BCUT2D eigenvalue weighted by Gasteiger charge is -2.14. The molecular weight excluding hydrogens is 245 g/mol. The van der Waals surface area contributed by atoms with Crippen LogP contribution >= 0.6 is 0 Å². The van der Waals surface area contributed by atoms with Gasteiger partial charge < -0.3 is 5.32 Å². The zero-order chi connectivity index (χ0) is 13.7. The van der Waals surface area contributed by atoms with Crippen molar-refractivity contribution in [2.75, 3.05) is 6.54 Å². The molecule has 1 atom stereocenters. The Hall–Kier alpha value is -1.82. The van der Waals surface area contributed by atoms with Crippen molar-refractivity contribution in [1.82, 2.24) is 25.5 Å². The third-order valence-corrected chi connectivity index (χ3v) is 2.99. The van der Waals surface area contributed by atoms with Crippen molar-refractivity contribution in [2.24, 2.45) is 0 Å². The molecule has 19 heavy (non-hydrogen) atoms. The molecular formula is C13H18FN5. The Labute approximate surface area is 111 Å². The molecule has 0 bridgehead atoms. The van der Waals surface area contributed by atoms with Gasteiger partial charge in [-0.05, 0) is 36.4 Å². The van der Waals surface area contributed by atoms with Gasteiger partial charge in [-0.25, -0.2) is 9.07 Å². The lowest BCUT2D eigenvalue weighted by Crippen LogP contribution is -2.20. The summed E-state index contributed by atoms with van der Waals surface area (Å²) in [6.07, 6.45) is 1.05. The average Bonchev–Trinajstić information content (AvgIpc) is 2.87. The molecule has 0 saturated carbocycles. The topological polar surface area (TPSA) is 55.6 Å². The van der Waals surface area contributed by atoms with Crippen molar-refractivity contribution in [1.29, 1.82) is 0 Å². The van der Waals surface area contributed by atoms with E-state index in [4.69, 9.17) is 0 Å². The molecule has 1 aromatic carbocycles. The monoisotopic (exact) mass is 263 g/mol. The number of benzene rings is 1. The van der Waals surface area contributed by atoms with Crippen molar-refractivity contribution in [3.05, 3.63) is 41.5 Å². The minimum atomic E-state index is -0.238. The number of tetrazole rings is 1. The van der Waals surface area contributed by atoms with Crippen LogP contribution in [0.25, 0.3) is 0 Å². The van der Waals surface area contributed by atoms with Gasteiger partial charge in [0.05, 0.1) is 12.6 Å². The Balaban J connectivity index is 2.18. The smallest absolute Gasteiger partial charge is 0.165 e. The van der Waals surface area contributed by atoms with Crippen molar-refractivity contribution in [3.8, 4) is 0 Å². The summed E-state index contributed by atoms with van der Waals surface area (Å²) >= 11 is 0. The zero-order valence-corrected chi connectivity index (χ0v) is 11.2. The summed E-state index contributed by atoms with van der Waals surface area (Å²) in [5.41, 5.74) is 0.589. The fourth-order valence-electron chi connectivity index (χ4n) is 1.95. The lowest BCUT2D eigenvalue weighted by atomic mass is 10.1. The summed E-state index contributed by atoms with van der Waals surface area (Å²) in [6, 6.07) is 6.47. The molecule has 0 aliphatic carbocycles. The predicted molar refractivity (Wildman–Crippen MR) is 70.0 cm³/mol. The number of hydrogen-bond acceptors (Lipinski definition) is 4. The van der Waals surface area contributed by atoms with E-state index in [1.165, 1.54) is 6.07 Å². The summed E-state index contributed by atoms with van der Waals surface area (Å²) in [7, 11) is 0. The lowest BCUT2D eigenvalue weighted by molar-refractivity contribution is 0.482. The SMILES string of the molecule is CCCNCc1nnnn1C(C)c1ccccc1F. The fourth-order valence-corrected chi connectivity index (χ4v) is 1.95. The van der Waals surface area contributed by atoms with Crippen molar-refractivity contribution in [2.45, 2.75) is 32.9 Å². The van der Waals surface area contributed by atoms with Gasteiger partial charge >= 0.3 is 0 Å². The zero-order valence-electron chi connectivity index (χ0n) is 11.2. The van der Waals surface area contributed by atoms with E-state index in [9.17, 15) is 4.39 Å². The Morgan fingerprint density at radius 3 is 2.89 bits per heavy atom. The number of nitrogens with one attached hydrogen (secondary N) is 1. The van der Waals surface area contributed by atoms with Crippen molar-refractivity contribution < 1.29 is 4.39 Å².